The van der Waals surface area contributed by atoms with Gasteiger partial charge in [-0.15, -0.1) is 11.8 Å². The van der Waals surface area contributed by atoms with Gasteiger partial charge in [0.2, 0.25) is 12.7 Å². The molecule has 2 aromatic carbocycles. The lowest BCUT2D eigenvalue weighted by molar-refractivity contribution is -0.113. The van der Waals surface area contributed by atoms with Crippen molar-refractivity contribution in [3.8, 4) is 11.5 Å². The van der Waals surface area contributed by atoms with Crippen molar-refractivity contribution in [2.45, 2.75) is 5.75 Å². The van der Waals surface area contributed by atoms with E-state index >= 15 is 0 Å². The standard InChI is InChI=1S/C17H16N2O4S/c18-17(21)12-3-1-2-4-13(12)19-16(20)9-24-8-11-5-6-14-15(7-11)23-10-22-14/h1-7H,8-10H2,(H2,18,21)(H,19,20). The van der Waals surface area contributed by atoms with Crippen LogP contribution in [-0.4, -0.2) is 24.4 Å². The Balaban J connectivity index is 1.52. The molecule has 3 N–H and O–H groups in total. The van der Waals surface area contributed by atoms with Crippen molar-refractivity contribution in [3.63, 3.8) is 0 Å². The summed E-state index contributed by atoms with van der Waals surface area (Å²) in [6.45, 7) is 0.244. The molecule has 7 heteroatoms. The Hall–Kier alpha value is -2.67. The minimum atomic E-state index is -0.570. The Morgan fingerprint density at radius 3 is 2.75 bits per heavy atom. The van der Waals surface area contributed by atoms with Crippen molar-refractivity contribution in [1.82, 2.24) is 0 Å². The summed E-state index contributed by atoms with van der Waals surface area (Å²) in [6.07, 6.45) is 0. The number of carbonyl (C=O) groups excluding carboxylic acids is 2. The first-order valence-electron chi connectivity index (χ1n) is 7.28. The van der Waals surface area contributed by atoms with Crippen LogP contribution < -0.4 is 20.5 Å². The molecule has 1 aliphatic rings. The number of para-hydroxylation sites is 1. The first kappa shape index (κ1) is 16.2. The molecule has 6 nitrogen and oxygen atoms in total. The number of fused-ring (bicyclic) bond motifs is 1. The van der Waals surface area contributed by atoms with Crippen LogP contribution in [0.15, 0.2) is 42.5 Å². The molecular formula is C17H16N2O4S. The molecule has 0 spiro atoms. The van der Waals surface area contributed by atoms with Crippen molar-refractivity contribution >= 4 is 29.3 Å². The summed E-state index contributed by atoms with van der Waals surface area (Å²) in [4.78, 5) is 23.4. The number of rotatable bonds is 6. The van der Waals surface area contributed by atoms with Crippen molar-refractivity contribution in [1.29, 1.82) is 0 Å². The largest absolute Gasteiger partial charge is 0.454 e. The van der Waals surface area contributed by atoms with Crippen LogP contribution in [0.5, 0.6) is 11.5 Å². The average Bonchev–Trinajstić information content (AvgIpc) is 3.03. The molecule has 3 rings (SSSR count). The van der Waals surface area contributed by atoms with Crippen LogP contribution in [-0.2, 0) is 10.5 Å². The molecule has 24 heavy (non-hydrogen) atoms. The smallest absolute Gasteiger partial charge is 0.250 e. The van der Waals surface area contributed by atoms with Crippen molar-refractivity contribution < 1.29 is 19.1 Å². The number of primary amides is 1. The zero-order valence-corrected chi connectivity index (χ0v) is 13.6. The van der Waals surface area contributed by atoms with Gasteiger partial charge in [-0.3, -0.25) is 9.59 Å². The highest BCUT2D eigenvalue weighted by molar-refractivity contribution is 7.99. The lowest BCUT2D eigenvalue weighted by Gasteiger charge is -2.08. The normalized spacial score (nSPS) is 12.0. The molecule has 0 bridgehead atoms. The Kier molecular flexibility index (Phi) is 4.90. The summed E-state index contributed by atoms with van der Waals surface area (Å²) in [5.74, 6) is 1.65. The van der Waals surface area contributed by atoms with Crippen LogP contribution in [0.2, 0.25) is 0 Å². The maximum Gasteiger partial charge on any atom is 0.250 e. The number of hydrogen-bond acceptors (Lipinski definition) is 5. The number of anilines is 1. The van der Waals surface area contributed by atoms with Gasteiger partial charge in [0.25, 0.3) is 5.91 Å². The van der Waals surface area contributed by atoms with Crippen LogP contribution in [0.25, 0.3) is 0 Å². The summed E-state index contributed by atoms with van der Waals surface area (Å²) in [7, 11) is 0. The number of nitrogens with two attached hydrogens (primary N) is 1. The molecule has 0 saturated carbocycles. The van der Waals surface area contributed by atoms with Crippen molar-refractivity contribution in [3.05, 3.63) is 53.6 Å². The predicted octanol–water partition coefficient (Wildman–Crippen LogP) is 2.39. The lowest BCUT2D eigenvalue weighted by Crippen LogP contribution is -2.19. The Bertz CT molecular complexity index is 779. The van der Waals surface area contributed by atoms with E-state index in [2.05, 4.69) is 5.32 Å². The van der Waals surface area contributed by atoms with Crippen molar-refractivity contribution in [2.75, 3.05) is 17.9 Å². The third-order valence-corrected chi connectivity index (χ3v) is 4.41. The van der Waals surface area contributed by atoms with Crippen LogP contribution in [0.1, 0.15) is 15.9 Å². The maximum atomic E-state index is 12.0. The quantitative estimate of drug-likeness (QED) is 0.840. The summed E-state index contributed by atoms with van der Waals surface area (Å²) >= 11 is 1.47. The Morgan fingerprint density at radius 1 is 1.12 bits per heavy atom. The van der Waals surface area contributed by atoms with E-state index in [1.807, 2.05) is 18.2 Å². The van der Waals surface area contributed by atoms with Gasteiger partial charge in [-0.2, -0.15) is 0 Å². The molecule has 0 unspecified atom stereocenters. The van der Waals surface area contributed by atoms with E-state index < -0.39 is 5.91 Å². The van der Waals surface area contributed by atoms with Gasteiger partial charge in [-0.1, -0.05) is 18.2 Å². The van der Waals surface area contributed by atoms with E-state index in [4.69, 9.17) is 15.2 Å². The molecule has 0 atom stereocenters. The Morgan fingerprint density at radius 2 is 1.92 bits per heavy atom. The highest BCUT2D eigenvalue weighted by Gasteiger charge is 2.14. The molecule has 0 fully saturated rings. The first-order chi connectivity index (χ1) is 11.6. The molecule has 1 heterocycles. The number of nitrogens with one attached hydrogen (secondary N) is 1. The van der Waals surface area contributed by atoms with Gasteiger partial charge in [-0.05, 0) is 29.8 Å². The number of benzene rings is 2. The third-order valence-electron chi connectivity index (χ3n) is 3.41. The van der Waals surface area contributed by atoms with E-state index in [1.54, 1.807) is 24.3 Å². The second-order valence-electron chi connectivity index (χ2n) is 5.14. The van der Waals surface area contributed by atoms with Crippen molar-refractivity contribution in [2.24, 2.45) is 5.73 Å². The van der Waals surface area contributed by atoms with E-state index in [9.17, 15) is 9.59 Å². The minimum Gasteiger partial charge on any atom is -0.454 e. The number of carbonyl (C=O) groups is 2. The molecule has 2 aromatic rings. The number of thioether (sulfide) groups is 1. The first-order valence-corrected chi connectivity index (χ1v) is 8.44. The molecule has 1 aliphatic heterocycles. The van der Waals surface area contributed by atoms with Gasteiger partial charge in [-0.25, -0.2) is 0 Å². The van der Waals surface area contributed by atoms with E-state index in [-0.39, 0.29) is 18.5 Å². The summed E-state index contributed by atoms with van der Waals surface area (Å²) < 4.78 is 10.6. The van der Waals surface area contributed by atoms with Crippen LogP contribution >= 0.6 is 11.8 Å². The molecular weight excluding hydrogens is 328 g/mol. The predicted molar refractivity (Wildman–Crippen MR) is 92.3 cm³/mol. The number of hydrogen-bond donors (Lipinski definition) is 2. The SMILES string of the molecule is NC(=O)c1ccccc1NC(=O)CSCc1ccc2c(c1)OCO2. The molecule has 0 aliphatic carbocycles. The number of amides is 2. The van der Waals surface area contributed by atoms with Crippen LogP contribution in [0, 0.1) is 0 Å². The van der Waals surface area contributed by atoms with Gasteiger partial charge in [0.15, 0.2) is 11.5 Å². The topological polar surface area (TPSA) is 90.7 Å². The average molecular weight is 344 g/mol. The van der Waals surface area contributed by atoms with E-state index in [0.717, 1.165) is 17.1 Å². The van der Waals surface area contributed by atoms with Gasteiger partial charge in [0.1, 0.15) is 0 Å². The minimum absolute atomic E-state index is 0.186. The fourth-order valence-corrected chi connectivity index (χ4v) is 3.06. The van der Waals surface area contributed by atoms with E-state index in [0.29, 0.717) is 17.0 Å². The summed E-state index contributed by atoms with van der Waals surface area (Å²) in [5, 5.41) is 2.71. The second kappa shape index (κ2) is 7.27. The van der Waals surface area contributed by atoms with E-state index in [1.165, 1.54) is 11.8 Å². The molecule has 0 aromatic heterocycles. The third kappa shape index (κ3) is 3.80. The van der Waals surface area contributed by atoms with Gasteiger partial charge >= 0.3 is 0 Å². The number of ether oxygens (including phenoxy) is 2. The van der Waals surface area contributed by atoms with Gasteiger partial charge < -0.3 is 20.5 Å². The molecule has 0 saturated heterocycles. The fourth-order valence-electron chi connectivity index (χ4n) is 2.29. The van der Waals surface area contributed by atoms with Gasteiger partial charge in [0, 0.05) is 5.75 Å². The zero-order valence-electron chi connectivity index (χ0n) is 12.8. The van der Waals surface area contributed by atoms with Crippen LogP contribution in [0.4, 0.5) is 5.69 Å². The van der Waals surface area contributed by atoms with Gasteiger partial charge in [0.05, 0.1) is 17.0 Å². The lowest BCUT2D eigenvalue weighted by atomic mass is 10.1. The maximum absolute atomic E-state index is 12.0. The fraction of sp³-hybridized carbons (Fsp3) is 0.176. The molecule has 0 radical (unpaired) electrons. The highest BCUT2D eigenvalue weighted by Crippen LogP contribution is 2.33. The summed E-state index contributed by atoms with van der Waals surface area (Å²) in [5.41, 5.74) is 7.07. The second-order valence-corrected chi connectivity index (χ2v) is 6.12. The highest BCUT2D eigenvalue weighted by atomic mass is 32.2. The molecule has 124 valence electrons. The molecule has 2 amide bonds. The Labute approximate surface area is 143 Å². The van der Waals surface area contributed by atoms with Crippen LogP contribution in [0.3, 0.4) is 0 Å². The monoisotopic (exact) mass is 344 g/mol. The summed E-state index contributed by atoms with van der Waals surface area (Å²) in [6, 6.07) is 12.4. The zero-order chi connectivity index (χ0) is 16.9.